The first-order chi connectivity index (χ1) is 11.6. The Morgan fingerprint density at radius 1 is 1.21 bits per heavy atom. The molecular weight excluding hydrogens is 312 g/mol. The largest absolute Gasteiger partial charge is 0.469 e. The molecule has 1 heterocycles. The number of methoxy groups -OCH3 is 1. The van der Waals surface area contributed by atoms with E-state index < -0.39 is 5.97 Å². The summed E-state index contributed by atoms with van der Waals surface area (Å²) >= 11 is 0. The fourth-order valence-corrected chi connectivity index (χ4v) is 2.36. The highest BCUT2D eigenvalue weighted by atomic mass is 16.5. The Morgan fingerprint density at radius 2 is 1.96 bits per heavy atom. The number of carbonyl (C=O) groups excluding carboxylic acids is 3. The van der Waals surface area contributed by atoms with Gasteiger partial charge >= 0.3 is 5.97 Å². The highest BCUT2D eigenvalue weighted by Gasteiger charge is 2.16. The standard InChI is InChI=1S/C17H22N2O5/c1-23-16(21)9-8-15(20)19-13-6-4-12(5-7-13)17(22)18-11-14-3-2-10-24-14/h4-7,14H,2-3,8-11H2,1H3,(H,18,22)(H,19,20)/t14-/m1/s1. The molecule has 2 N–H and O–H groups in total. The number of carbonyl (C=O) groups is 3. The van der Waals surface area contributed by atoms with E-state index in [1.54, 1.807) is 24.3 Å². The van der Waals surface area contributed by atoms with Gasteiger partial charge in [-0.2, -0.15) is 0 Å². The molecule has 0 aliphatic carbocycles. The topological polar surface area (TPSA) is 93.7 Å². The number of benzene rings is 1. The minimum absolute atomic E-state index is 0.0338. The molecule has 0 unspecified atom stereocenters. The quantitative estimate of drug-likeness (QED) is 0.737. The lowest BCUT2D eigenvalue weighted by Crippen LogP contribution is -2.31. The first kappa shape index (κ1) is 17.9. The van der Waals surface area contributed by atoms with Gasteiger partial charge in [-0.05, 0) is 37.1 Å². The van der Waals surface area contributed by atoms with Crippen LogP contribution in [0.3, 0.4) is 0 Å². The Morgan fingerprint density at radius 3 is 2.58 bits per heavy atom. The van der Waals surface area contributed by atoms with Crippen LogP contribution in [0.5, 0.6) is 0 Å². The third-order valence-electron chi connectivity index (χ3n) is 3.73. The molecule has 2 amide bonds. The molecule has 0 saturated carbocycles. The van der Waals surface area contributed by atoms with Crippen LogP contribution < -0.4 is 10.6 Å². The van der Waals surface area contributed by atoms with Crippen molar-refractivity contribution in [2.24, 2.45) is 0 Å². The summed E-state index contributed by atoms with van der Waals surface area (Å²) in [4.78, 5) is 34.7. The van der Waals surface area contributed by atoms with Gasteiger partial charge in [0, 0.05) is 30.8 Å². The molecule has 0 bridgehead atoms. The van der Waals surface area contributed by atoms with Crippen molar-refractivity contribution in [2.45, 2.75) is 31.8 Å². The Kier molecular flexibility index (Phi) is 6.74. The van der Waals surface area contributed by atoms with Gasteiger partial charge in [-0.25, -0.2) is 0 Å². The molecule has 7 heteroatoms. The van der Waals surface area contributed by atoms with E-state index in [0.717, 1.165) is 19.4 Å². The number of anilines is 1. The average Bonchev–Trinajstić information content (AvgIpc) is 3.11. The minimum Gasteiger partial charge on any atom is -0.469 e. The highest BCUT2D eigenvalue weighted by molar-refractivity contribution is 5.96. The third kappa shape index (κ3) is 5.66. The lowest BCUT2D eigenvalue weighted by Gasteiger charge is -2.11. The Labute approximate surface area is 140 Å². The molecule has 1 aromatic carbocycles. The van der Waals surface area contributed by atoms with Crippen molar-refractivity contribution in [1.29, 1.82) is 0 Å². The summed E-state index contributed by atoms with van der Waals surface area (Å²) in [5.41, 5.74) is 1.08. The van der Waals surface area contributed by atoms with Crippen molar-refractivity contribution in [3.8, 4) is 0 Å². The molecule has 0 radical (unpaired) electrons. The molecule has 0 aromatic heterocycles. The first-order valence-corrected chi connectivity index (χ1v) is 7.95. The van der Waals surface area contributed by atoms with E-state index in [9.17, 15) is 14.4 Å². The number of ether oxygens (including phenoxy) is 2. The Hall–Kier alpha value is -2.41. The van der Waals surface area contributed by atoms with E-state index in [2.05, 4.69) is 15.4 Å². The van der Waals surface area contributed by atoms with Gasteiger partial charge in [0.2, 0.25) is 5.91 Å². The lowest BCUT2D eigenvalue weighted by molar-refractivity contribution is -0.141. The summed E-state index contributed by atoms with van der Waals surface area (Å²) in [5, 5.41) is 5.50. The number of amides is 2. The second-order valence-electron chi connectivity index (χ2n) is 5.55. The van der Waals surface area contributed by atoms with Crippen LogP contribution in [0.15, 0.2) is 24.3 Å². The zero-order valence-electron chi connectivity index (χ0n) is 13.7. The number of rotatable bonds is 7. The van der Waals surface area contributed by atoms with E-state index in [0.29, 0.717) is 17.8 Å². The molecule has 0 spiro atoms. The maximum Gasteiger partial charge on any atom is 0.306 e. The van der Waals surface area contributed by atoms with E-state index in [-0.39, 0.29) is 30.8 Å². The van der Waals surface area contributed by atoms with Gasteiger partial charge in [0.05, 0.1) is 19.6 Å². The summed E-state index contributed by atoms with van der Waals surface area (Å²) in [6.07, 6.45) is 2.19. The molecular formula is C17H22N2O5. The molecule has 1 fully saturated rings. The number of esters is 1. The van der Waals surface area contributed by atoms with Gasteiger partial charge in [0.15, 0.2) is 0 Å². The van der Waals surface area contributed by atoms with Crippen molar-refractivity contribution >= 4 is 23.5 Å². The SMILES string of the molecule is COC(=O)CCC(=O)Nc1ccc(C(=O)NC[C@H]2CCCO2)cc1. The summed E-state index contributed by atoms with van der Waals surface area (Å²) in [6, 6.07) is 6.58. The summed E-state index contributed by atoms with van der Waals surface area (Å²) in [5.74, 6) is -0.881. The zero-order valence-corrected chi connectivity index (χ0v) is 13.7. The smallest absolute Gasteiger partial charge is 0.306 e. The summed E-state index contributed by atoms with van der Waals surface area (Å²) in [7, 11) is 1.28. The fourth-order valence-electron chi connectivity index (χ4n) is 2.36. The van der Waals surface area contributed by atoms with Crippen molar-refractivity contribution in [2.75, 3.05) is 25.6 Å². The fraction of sp³-hybridized carbons (Fsp3) is 0.471. The van der Waals surface area contributed by atoms with Crippen molar-refractivity contribution < 1.29 is 23.9 Å². The average molecular weight is 334 g/mol. The molecule has 1 atom stereocenters. The second kappa shape index (κ2) is 9.02. The summed E-state index contributed by atoms with van der Waals surface area (Å²) in [6.45, 7) is 1.26. The van der Waals surface area contributed by atoms with Crippen LogP contribution in [0.1, 0.15) is 36.0 Å². The van der Waals surface area contributed by atoms with Gasteiger partial charge < -0.3 is 20.1 Å². The van der Waals surface area contributed by atoms with Gasteiger partial charge in [-0.3, -0.25) is 14.4 Å². The van der Waals surface area contributed by atoms with Crippen LogP contribution in [0.4, 0.5) is 5.69 Å². The van der Waals surface area contributed by atoms with Crippen molar-refractivity contribution in [1.82, 2.24) is 5.32 Å². The van der Waals surface area contributed by atoms with E-state index >= 15 is 0 Å². The van der Waals surface area contributed by atoms with Crippen LogP contribution in [0.2, 0.25) is 0 Å². The molecule has 1 aliphatic rings. The first-order valence-electron chi connectivity index (χ1n) is 7.95. The van der Waals surface area contributed by atoms with Crippen molar-refractivity contribution in [3.05, 3.63) is 29.8 Å². The number of hydrogen-bond donors (Lipinski definition) is 2. The monoisotopic (exact) mass is 334 g/mol. The Bertz CT molecular complexity index is 579. The van der Waals surface area contributed by atoms with Crippen LogP contribution in [-0.2, 0) is 19.1 Å². The Balaban J connectivity index is 1.77. The normalized spacial score (nSPS) is 16.5. The molecule has 2 rings (SSSR count). The van der Waals surface area contributed by atoms with Gasteiger partial charge in [-0.1, -0.05) is 0 Å². The third-order valence-corrected chi connectivity index (χ3v) is 3.73. The molecule has 1 aliphatic heterocycles. The van der Waals surface area contributed by atoms with Crippen LogP contribution in [0, 0.1) is 0 Å². The van der Waals surface area contributed by atoms with E-state index in [1.165, 1.54) is 7.11 Å². The number of hydrogen-bond acceptors (Lipinski definition) is 5. The van der Waals surface area contributed by atoms with Crippen LogP contribution in [-0.4, -0.2) is 44.1 Å². The highest BCUT2D eigenvalue weighted by Crippen LogP contribution is 2.12. The number of nitrogens with one attached hydrogen (secondary N) is 2. The van der Waals surface area contributed by atoms with Gasteiger partial charge in [0.25, 0.3) is 5.91 Å². The van der Waals surface area contributed by atoms with Gasteiger partial charge in [0.1, 0.15) is 0 Å². The molecule has 24 heavy (non-hydrogen) atoms. The predicted molar refractivity (Wildman–Crippen MR) is 87.6 cm³/mol. The minimum atomic E-state index is -0.427. The van der Waals surface area contributed by atoms with Crippen LogP contribution >= 0.6 is 0 Å². The molecule has 1 saturated heterocycles. The molecule has 7 nitrogen and oxygen atoms in total. The zero-order chi connectivity index (χ0) is 17.4. The molecule has 130 valence electrons. The van der Waals surface area contributed by atoms with E-state index in [4.69, 9.17) is 4.74 Å². The van der Waals surface area contributed by atoms with Crippen molar-refractivity contribution in [3.63, 3.8) is 0 Å². The lowest BCUT2D eigenvalue weighted by atomic mass is 10.1. The second-order valence-corrected chi connectivity index (χ2v) is 5.55. The maximum absolute atomic E-state index is 12.0. The van der Waals surface area contributed by atoms with E-state index in [1.807, 2.05) is 0 Å². The van der Waals surface area contributed by atoms with Crippen LogP contribution in [0.25, 0.3) is 0 Å². The predicted octanol–water partition coefficient (Wildman–Crippen LogP) is 1.49. The van der Waals surface area contributed by atoms with Gasteiger partial charge in [-0.15, -0.1) is 0 Å². The maximum atomic E-state index is 12.0. The molecule has 1 aromatic rings. The summed E-state index contributed by atoms with van der Waals surface area (Å²) < 4.78 is 9.94.